The number of sulfonamides is 1. The maximum absolute atomic E-state index is 12.6. The molecule has 1 N–H and O–H groups in total. The molecule has 7 nitrogen and oxygen atoms in total. The van der Waals surface area contributed by atoms with Gasteiger partial charge in [0.2, 0.25) is 15.9 Å². The van der Waals surface area contributed by atoms with Crippen molar-refractivity contribution >= 4 is 27.4 Å². The van der Waals surface area contributed by atoms with Crippen LogP contribution in [0.25, 0.3) is 0 Å². The summed E-state index contributed by atoms with van der Waals surface area (Å²) in [5.74, 6) is -0.200. The van der Waals surface area contributed by atoms with Crippen LogP contribution in [0.15, 0.2) is 54.6 Å². The van der Waals surface area contributed by atoms with Crippen LogP contribution in [-0.2, 0) is 20.6 Å². The molecule has 1 heterocycles. The highest BCUT2D eigenvalue weighted by molar-refractivity contribution is 7.88. The molecule has 0 bridgehead atoms. The van der Waals surface area contributed by atoms with Crippen molar-refractivity contribution in [2.24, 2.45) is 0 Å². The maximum atomic E-state index is 12.6. The molecule has 8 heteroatoms. The lowest BCUT2D eigenvalue weighted by Gasteiger charge is -2.33. The zero-order chi connectivity index (χ0) is 20.9. The Morgan fingerprint density at radius 1 is 0.931 bits per heavy atom. The van der Waals surface area contributed by atoms with E-state index in [0.717, 1.165) is 5.56 Å². The number of hydrogen-bond donors (Lipinski definition) is 1. The Bertz CT molecular complexity index is 951. The topological polar surface area (TPSA) is 86.8 Å². The summed E-state index contributed by atoms with van der Waals surface area (Å²) in [6.07, 6.45) is 0. The van der Waals surface area contributed by atoms with Gasteiger partial charge >= 0.3 is 0 Å². The number of carbonyl (C=O) groups is 2. The van der Waals surface area contributed by atoms with Crippen LogP contribution >= 0.6 is 0 Å². The number of nitrogens with one attached hydrogen (secondary N) is 1. The van der Waals surface area contributed by atoms with E-state index in [-0.39, 0.29) is 24.0 Å². The van der Waals surface area contributed by atoms with Gasteiger partial charge in [0.15, 0.2) is 5.78 Å². The lowest BCUT2D eigenvalue weighted by molar-refractivity contribution is -0.117. The molecule has 154 valence electrons. The number of carbonyl (C=O) groups excluding carboxylic acids is 2. The van der Waals surface area contributed by atoms with Gasteiger partial charge in [-0.2, -0.15) is 4.31 Å². The van der Waals surface area contributed by atoms with Crippen LogP contribution < -0.4 is 5.32 Å². The highest BCUT2D eigenvalue weighted by Gasteiger charge is 2.27. The van der Waals surface area contributed by atoms with Crippen molar-refractivity contribution in [3.8, 4) is 0 Å². The second-order valence-corrected chi connectivity index (χ2v) is 9.07. The summed E-state index contributed by atoms with van der Waals surface area (Å²) in [7, 11) is -3.37. The molecule has 0 radical (unpaired) electrons. The van der Waals surface area contributed by atoms with Gasteiger partial charge in [-0.05, 0) is 36.8 Å². The maximum Gasteiger partial charge on any atom is 0.238 e. The van der Waals surface area contributed by atoms with Gasteiger partial charge in [0.25, 0.3) is 0 Å². The molecule has 2 aromatic carbocycles. The number of anilines is 1. The minimum atomic E-state index is -3.37. The van der Waals surface area contributed by atoms with Gasteiger partial charge in [-0.25, -0.2) is 8.42 Å². The minimum absolute atomic E-state index is 0.00934. The molecule has 0 spiro atoms. The monoisotopic (exact) mass is 415 g/mol. The van der Waals surface area contributed by atoms with E-state index in [0.29, 0.717) is 37.4 Å². The van der Waals surface area contributed by atoms with Crippen molar-refractivity contribution < 1.29 is 18.0 Å². The number of amides is 1. The zero-order valence-corrected chi connectivity index (χ0v) is 17.2. The Kier molecular flexibility index (Phi) is 6.79. The Labute approximate surface area is 171 Å². The van der Waals surface area contributed by atoms with Crippen LogP contribution in [0.3, 0.4) is 0 Å². The molecule has 1 amide bonds. The molecule has 1 fully saturated rings. The van der Waals surface area contributed by atoms with Crippen LogP contribution in [-0.4, -0.2) is 62.0 Å². The van der Waals surface area contributed by atoms with Crippen LogP contribution in [0.5, 0.6) is 0 Å². The predicted octanol–water partition coefficient (Wildman–Crippen LogP) is 1.98. The van der Waals surface area contributed by atoms with Crippen LogP contribution in [0, 0.1) is 0 Å². The number of hydrogen-bond acceptors (Lipinski definition) is 5. The average molecular weight is 416 g/mol. The zero-order valence-electron chi connectivity index (χ0n) is 16.4. The lowest BCUT2D eigenvalue weighted by Crippen LogP contribution is -2.50. The molecule has 0 unspecified atom stereocenters. The summed E-state index contributed by atoms with van der Waals surface area (Å²) in [5, 5.41) is 2.81. The lowest BCUT2D eigenvalue weighted by atomic mass is 10.1. The molecule has 0 saturated carbocycles. The standard InChI is InChI=1S/C21H25N3O4S/c1-17(25)19-7-9-20(10-8-19)22-21(26)15-23-11-13-24(14-12-23)29(27,28)16-18-5-3-2-4-6-18/h2-10H,11-16H2,1H3,(H,22,26). The molecule has 1 saturated heterocycles. The van der Waals surface area contributed by atoms with E-state index in [4.69, 9.17) is 0 Å². The molecule has 29 heavy (non-hydrogen) atoms. The van der Waals surface area contributed by atoms with E-state index >= 15 is 0 Å². The van der Waals surface area contributed by atoms with E-state index < -0.39 is 10.0 Å². The first-order valence-corrected chi connectivity index (χ1v) is 11.1. The van der Waals surface area contributed by atoms with Gasteiger partial charge in [0.05, 0.1) is 12.3 Å². The van der Waals surface area contributed by atoms with Crippen LogP contribution in [0.2, 0.25) is 0 Å². The Morgan fingerprint density at radius 3 is 2.14 bits per heavy atom. The SMILES string of the molecule is CC(=O)c1ccc(NC(=O)CN2CCN(S(=O)(=O)Cc3ccccc3)CC2)cc1. The molecular weight excluding hydrogens is 390 g/mol. The van der Waals surface area contributed by atoms with Crippen molar-refractivity contribution in [2.75, 3.05) is 38.0 Å². The highest BCUT2D eigenvalue weighted by Crippen LogP contribution is 2.14. The van der Waals surface area contributed by atoms with Gasteiger partial charge < -0.3 is 5.32 Å². The third-order valence-electron chi connectivity index (χ3n) is 4.86. The van der Waals surface area contributed by atoms with Gasteiger partial charge in [-0.1, -0.05) is 30.3 Å². The number of benzene rings is 2. The molecule has 0 atom stereocenters. The first-order valence-electron chi connectivity index (χ1n) is 9.48. The third-order valence-corrected chi connectivity index (χ3v) is 6.71. The van der Waals surface area contributed by atoms with Gasteiger partial charge in [0.1, 0.15) is 0 Å². The number of nitrogens with zero attached hydrogens (tertiary/aromatic N) is 2. The smallest absolute Gasteiger partial charge is 0.238 e. The quantitative estimate of drug-likeness (QED) is 0.699. The van der Waals surface area contributed by atoms with Crippen LogP contribution in [0.4, 0.5) is 5.69 Å². The number of rotatable bonds is 7. The van der Waals surface area contributed by atoms with Crippen molar-refractivity contribution in [3.05, 3.63) is 65.7 Å². The second kappa shape index (κ2) is 9.30. The van der Waals surface area contributed by atoms with Crippen LogP contribution in [0.1, 0.15) is 22.8 Å². The highest BCUT2D eigenvalue weighted by atomic mass is 32.2. The van der Waals surface area contributed by atoms with Gasteiger partial charge in [-0.15, -0.1) is 0 Å². The Balaban J connectivity index is 1.47. The molecule has 1 aliphatic rings. The summed E-state index contributed by atoms with van der Waals surface area (Å²) in [6.45, 7) is 3.44. The summed E-state index contributed by atoms with van der Waals surface area (Å²) >= 11 is 0. The van der Waals surface area contributed by atoms with Gasteiger partial charge in [0, 0.05) is 37.4 Å². The molecule has 2 aromatic rings. The number of ketones is 1. The average Bonchev–Trinajstić information content (AvgIpc) is 2.69. The minimum Gasteiger partial charge on any atom is -0.325 e. The molecule has 0 aliphatic carbocycles. The third kappa shape index (κ3) is 5.96. The van der Waals surface area contributed by atoms with Crippen molar-refractivity contribution in [1.82, 2.24) is 9.21 Å². The summed E-state index contributed by atoms with van der Waals surface area (Å²) in [5.41, 5.74) is 1.99. The number of Topliss-reactive ketones (excluding diaryl/α,β-unsaturated/α-hetero) is 1. The van der Waals surface area contributed by atoms with E-state index in [1.165, 1.54) is 11.2 Å². The Hall–Kier alpha value is -2.55. The van der Waals surface area contributed by atoms with E-state index in [1.54, 1.807) is 36.4 Å². The first-order chi connectivity index (χ1) is 13.8. The van der Waals surface area contributed by atoms with Crippen molar-refractivity contribution in [3.63, 3.8) is 0 Å². The molecular formula is C21H25N3O4S. The van der Waals surface area contributed by atoms with Crippen molar-refractivity contribution in [1.29, 1.82) is 0 Å². The fourth-order valence-electron chi connectivity index (χ4n) is 3.23. The summed E-state index contributed by atoms with van der Waals surface area (Å²) < 4.78 is 26.7. The fraction of sp³-hybridized carbons (Fsp3) is 0.333. The largest absolute Gasteiger partial charge is 0.325 e. The fourth-order valence-corrected chi connectivity index (χ4v) is 4.75. The normalized spacial score (nSPS) is 15.8. The molecule has 3 rings (SSSR count). The predicted molar refractivity (Wildman–Crippen MR) is 112 cm³/mol. The molecule has 1 aliphatic heterocycles. The second-order valence-electron chi connectivity index (χ2n) is 7.10. The van der Waals surface area contributed by atoms with E-state index in [1.807, 2.05) is 23.1 Å². The van der Waals surface area contributed by atoms with Crippen molar-refractivity contribution in [2.45, 2.75) is 12.7 Å². The van der Waals surface area contributed by atoms with E-state index in [2.05, 4.69) is 5.32 Å². The van der Waals surface area contributed by atoms with E-state index in [9.17, 15) is 18.0 Å². The molecule has 0 aromatic heterocycles. The summed E-state index contributed by atoms with van der Waals surface area (Å²) in [4.78, 5) is 25.5. The van der Waals surface area contributed by atoms with Gasteiger partial charge in [-0.3, -0.25) is 14.5 Å². The summed E-state index contributed by atoms with van der Waals surface area (Å²) in [6, 6.07) is 15.9. The first kappa shape index (κ1) is 21.2. The Morgan fingerprint density at radius 2 is 1.55 bits per heavy atom. The number of piperazine rings is 1.